The molecule has 5 aromatic rings. The van der Waals surface area contributed by atoms with E-state index in [0.717, 1.165) is 19.3 Å². The quantitative estimate of drug-likeness (QED) is 0.199. The van der Waals surface area contributed by atoms with Gasteiger partial charge in [0.1, 0.15) is 0 Å². The van der Waals surface area contributed by atoms with Gasteiger partial charge < -0.3 is 4.57 Å². The van der Waals surface area contributed by atoms with Crippen molar-refractivity contribution in [3.8, 4) is 5.69 Å². The number of allylic oxidation sites excluding steroid dienone is 4. The SMILES string of the molecule is Cc1cc(C)n(-c2cc3ccccc3[cH-]2)c1.[C-]1=CC=CC1.[Zr+2].c1ccc(CCc2ccccc2)cc1. The molecule has 1 aliphatic carbocycles. The van der Waals surface area contributed by atoms with Gasteiger partial charge in [-0.1, -0.05) is 66.7 Å². The minimum absolute atomic E-state index is 0. The largest absolute Gasteiger partial charge is 2.00 e. The second kappa shape index (κ2) is 14.5. The van der Waals surface area contributed by atoms with Gasteiger partial charge in [-0.3, -0.25) is 6.08 Å². The van der Waals surface area contributed by atoms with E-state index < -0.39 is 0 Å². The van der Waals surface area contributed by atoms with Gasteiger partial charge in [-0.05, 0) is 55.1 Å². The van der Waals surface area contributed by atoms with Crippen LogP contribution in [0.5, 0.6) is 0 Å². The van der Waals surface area contributed by atoms with Gasteiger partial charge in [0.05, 0.1) is 0 Å². The summed E-state index contributed by atoms with van der Waals surface area (Å²) >= 11 is 0. The molecule has 0 atom stereocenters. The fraction of sp³-hybridized carbons (Fsp3) is 0.147. The Kier molecular flexibility index (Phi) is 11.1. The predicted octanol–water partition coefficient (Wildman–Crippen LogP) is 8.74. The van der Waals surface area contributed by atoms with Crippen molar-refractivity contribution in [1.82, 2.24) is 4.57 Å². The minimum atomic E-state index is 0. The van der Waals surface area contributed by atoms with Crippen LogP contribution in [0.2, 0.25) is 0 Å². The fourth-order valence-corrected chi connectivity index (χ4v) is 4.21. The third-order valence-electron chi connectivity index (χ3n) is 6.00. The standard InChI is InChI=1S/C15H14N.C14H14.C5H5.Zr/c1-11-7-12(2)16(10-11)15-8-13-5-3-4-6-14(13)9-15;1-3-7-13(8-4-1)11-12-14-9-5-2-6-10-14;1-2-4-5-3-1;/h3-10H,1-2H3;1-10H,11-12H2;1-3H,4H2;/q-1;;-1;+2. The van der Waals surface area contributed by atoms with Crippen LogP contribution >= 0.6 is 0 Å². The van der Waals surface area contributed by atoms with Crippen molar-refractivity contribution in [2.45, 2.75) is 33.1 Å². The predicted molar refractivity (Wildman–Crippen MR) is 150 cm³/mol. The van der Waals surface area contributed by atoms with Crippen molar-refractivity contribution in [1.29, 1.82) is 0 Å². The van der Waals surface area contributed by atoms with Gasteiger partial charge >= 0.3 is 26.2 Å². The van der Waals surface area contributed by atoms with E-state index in [1.54, 1.807) is 0 Å². The molecule has 36 heavy (non-hydrogen) atoms. The van der Waals surface area contributed by atoms with Crippen molar-refractivity contribution < 1.29 is 26.2 Å². The average Bonchev–Trinajstić information content (AvgIpc) is 3.66. The summed E-state index contributed by atoms with van der Waals surface area (Å²) in [5.41, 5.74) is 6.68. The van der Waals surface area contributed by atoms with Crippen LogP contribution in [0.25, 0.3) is 16.5 Å². The molecular formula is C34H33NZr. The number of benzene rings is 3. The molecule has 0 bridgehead atoms. The molecule has 0 saturated carbocycles. The molecule has 178 valence electrons. The van der Waals surface area contributed by atoms with Crippen LogP contribution in [0, 0.1) is 19.9 Å². The molecule has 0 amide bonds. The normalized spacial score (nSPS) is 11.3. The Morgan fingerprint density at radius 1 is 0.778 bits per heavy atom. The fourth-order valence-electron chi connectivity index (χ4n) is 4.21. The molecule has 6 rings (SSSR count). The van der Waals surface area contributed by atoms with Crippen LogP contribution in [0.3, 0.4) is 0 Å². The molecule has 0 radical (unpaired) electrons. The van der Waals surface area contributed by atoms with Gasteiger partial charge in [-0.15, -0.1) is 47.5 Å². The first kappa shape index (κ1) is 27.5. The van der Waals surface area contributed by atoms with E-state index in [1.165, 1.54) is 38.8 Å². The third kappa shape index (κ3) is 8.25. The Morgan fingerprint density at radius 3 is 1.86 bits per heavy atom. The Hall–Kier alpha value is -3.09. The maximum Gasteiger partial charge on any atom is 2.00 e. The topological polar surface area (TPSA) is 4.93 Å². The molecule has 4 aromatic carbocycles. The van der Waals surface area contributed by atoms with Crippen molar-refractivity contribution in [3.05, 3.63) is 156 Å². The number of aryl methyl sites for hydroxylation is 4. The van der Waals surface area contributed by atoms with Crippen molar-refractivity contribution in [2.24, 2.45) is 0 Å². The molecule has 1 aromatic heterocycles. The molecule has 0 unspecified atom stereocenters. The summed E-state index contributed by atoms with van der Waals surface area (Å²) in [6.07, 6.45) is 14.4. The average molecular weight is 547 g/mol. The van der Waals surface area contributed by atoms with E-state index in [2.05, 4.69) is 140 Å². The van der Waals surface area contributed by atoms with Gasteiger partial charge in [0.25, 0.3) is 0 Å². The molecule has 0 saturated heterocycles. The molecule has 0 fully saturated rings. The van der Waals surface area contributed by atoms with Gasteiger partial charge in [0.15, 0.2) is 0 Å². The summed E-state index contributed by atoms with van der Waals surface area (Å²) in [5, 5.41) is 2.62. The Morgan fingerprint density at radius 2 is 1.39 bits per heavy atom. The van der Waals surface area contributed by atoms with Gasteiger partial charge in [0.2, 0.25) is 0 Å². The number of hydrogen-bond acceptors (Lipinski definition) is 0. The van der Waals surface area contributed by atoms with E-state index in [9.17, 15) is 0 Å². The van der Waals surface area contributed by atoms with Crippen LogP contribution in [0.1, 0.15) is 28.8 Å². The number of nitrogens with zero attached hydrogens (tertiary/aromatic N) is 1. The number of rotatable bonds is 4. The van der Waals surface area contributed by atoms with Crippen LogP contribution in [0.15, 0.2) is 128 Å². The van der Waals surface area contributed by atoms with E-state index in [0.29, 0.717) is 0 Å². The summed E-state index contributed by atoms with van der Waals surface area (Å²) in [6.45, 7) is 4.27. The van der Waals surface area contributed by atoms with E-state index in [1.807, 2.05) is 12.2 Å². The second-order valence-electron chi connectivity index (χ2n) is 8.85. The minimum Gasteiger partial charge on any atom is -0.339 e. The van der Waals surface area contributed by atoms with Crippen LogP contribution in [-0.4, -0.2) is 4.57 Å². The van der Waals surface area contributed by atoms with Crippen molar-refractivity contribution in [3.63, 3.8) is 0 Å². The van der Waals surface area contributed by atoms with Crippen LogP contribution in [-0.2, 0) is 39.0 Å². The molecule has 1 aliphatic rings. The second-order valence-corrected chi connectivity index (χ2v) is 8.85. The summed E-state index contributed by atoms with van der Waals surface area (Å²) < 4.78 is 2.25. The summed E-state index contributed by atoms with van der Waals surface area (Å²) in [5.74, 6) is 0. The first-order valence-electron chi connectivity index (χ1n) is 12.3. The molecule has 2 heteroatoms. The van der Waals surface area contributed by atoms with Gasteiger partial charge in [-0.2, -0.15) is 6.08 Å². The van der Waals surface area contributed by atoms with Crippen molar-refractivity contribution in [2.75, 3.05) is 0 Å². The number of fused-ring (bicyclic) bond motifs is 1. The van der Waals surface area contributed by atoms with Gasteiger partial charge in [0, 0.05) is 11.9 Å². The number of hydrogen-bond donors (Lipinski definition) is 0. The zero-order chi connectivity index (χ0) is 24.3. The zero-order valence-corrected chi connectivity index (χ0v) is 23.7. The maximum absolute atomic E-state index is 2.99. The summed E-state index contributed by atoms with van der Waals surface area (Å²) in [4.78, 5) is 0. The van der Waals surface area contributed by atoms with E-state index >= 15 is 0 Å². The van der Waals surface area contributed by atoms with E-state index in [-0.39, 0.29) is 26.2 Å². The third-order valence-corrected chi connectivity index (χ3v) is 6.00. The maximum atomic E-state index is 2.99. The molecule has 0 spiro atoms. The first-order chi connectivity index (χ1) is 17.2. The summed E-state index contributed by atoms with van der Waals surface area (Å²) in [6, 6.07) is 36.4. The molecule has 1 heterocycles. The van der Waals surface area contributed by atoms with Crippen molar-refractivity contribution >= 4 is 10.8 Å². The molecule has 0 aliphatic heterocycles. The molecular weight excluding hydrogens is 514 g/mol. The number of aromatic nitrogens is 1. The smallest absolute Gasteiger partial charge is 0.339 e. The monoisotopic (exact) mass is 545 g/mol. The first-order valence-corrected chi connectivity index (χ1v) is 12.3. The zero-order valence-electron chi connectivity index (χ0n) is 21.2. The van der Waals surface area contributed by atoms with Crippen LogP contribution < -0.4 is 0 Å². The van der Waals surface area contributed by atoms with E-state index in [4.69, 9.17) is 0 Å². The Balaban J connectivity index is 0.000000166. The molecule has 1 nitrogen and oxygen atoms in total. The Labute approximate surface area is 235 Å². The molecule has 0 N–H and O–H groups in total. The van der Waals surface area contributed by atoms with Crippen LogP contribution in [0.4, 0.5) is 0 Å². The Bertz CT molecular complexity index is 1290. The summed E-state index contributed by atoms with van der Waals surface area (Å²) in [7, 11) is 0. The van der Waals surface area contributed by atoms with Gasteiger partial charge in [-0.25, -0.2) is 12.2 Å².